The Morgan fingerprint density at radius 1 is 1.39 bits per heavy atom. The van der Waals surface area contributed by atoms with Crippen molar-refractivity contribution in [3.8, 4) is 0 Å². The fourth-order valence-electron chi connectivity index (χ4n) is 2.50. The van der Waals surface area contributed by atoms with E-state index in [1.165, 1.54) is 6.33 Å². The monoisotopic (exact) mass is 247 g/mol. The van der Waals surface area contributed by atoms with Crippen molar-refractivity contribution in [3.63, 3.8) is 0 Å². The standard InChI is InChI=1S/C12H17N5O/c1-8-6-11(17-12(15-8)13-7-14-17)16-9-4-2-3-5-10(9)18/h6-7,9-10,16,18H,2-5H2,1H3. The Balaban J connectivity index is 1.91. The third kappa shape index (κ3) is 2.03. The zero-order chi connectivity index (χ0) is 12.5. The van der Waals surface area contributed by atoms with Gasteiger partial charge in [0.25, 0.3) is 5.78 Å². The molecule has 2 aromatic rings. The molecular weight excluding hydrogens is 230 g/mol. The highest BCUT2D eigenvalue weighted by atomic mass is 16.3. The van der Waals surface area contributed by atoms with Gasteiger partial charge in [-0.15, -0.1) is 0 Å². The van der Waals surface area contributed by atoms with Gasteiger partial charge in [0.15, 0.2) is 0 Å². The van der Waals surface area contributed by atoms with Gasteiger partial charge in [0, 0.05) is 11.8 Å². The number of fused-ring (bicyclic) bond motifs is 1. The number of rotatable bonds is 2. The summed E-state index contributed by atoms with van der Waals surface area (Å²) in [5, 5.41) is 17.5. The number of anilines is 1. The highest BCUT2D eigenvalue weighted by Crippen LogP contribution is 2.22. The van der Waals surface area contributed by atoms with Gasteiger partial charge in [0.1, 0.15) is 12.1 Å². The number of nitrogens with one attached hydrogen (secondary N) is 1. The molecule has 0 spiro atoms. The van der Waals surface area contributed by atoms with Crippen molar-refractivity contribution in [2.45, 2.75) is 44.8 Å². The molecule has 0 amide bonds. The largest absolute Gasteiger partial charge is 0.391 e. The van der Waals surface area contributed by atoms with Crippen molar-refractivity contribution in [2.75, 3.05) is 5.32 Å². The maximum atomic E-state index is 10.00. The van der Waals surface area contributed by atoms with E-state index in [4.69, 9.17) is 0 Å². The lowest BCUT2D eigenvalue weighted by Gasteiger charge is -2.29. The molecule has 1 aliphatic rings. The molecule has 0 aromatic carbocycles. The molecule has 1 fully saturated rings. The first-order valence-electron chi connectivity index (χ1n) is 6.36. The van der Waals surface area contributed by atoms with E-state index in [1.807, 2.05) is 13.0 Å². The van der Waals surface area contributed by atoms with Crippen LogP contribution in [0.15, 0.2) is 12.4 Å². The third-order valence-electron chi connectivity index (χ3n) is 3.44. The van der Waals surface area contributed by atoms with Crippen molar-refractivity contribution in [2.24, 2.45) is 0 Å². The number of hydrogen-bond donors (Lipinski definition) is 2. The van der Waals surface area contributed by atoms with Gasteiger partial charge in [0.2, 0.25) is 0 Å². The summed E-state index contributed by atoms with van der Waals surface area (Å²) in [5.74, 6) is 1.43. The van der Waals surface area contributed by atoms with Crippen molar-refractivity contribution < 1.29 is 5.11 Å². The molecular formula is C12H17N5O. The van der Waals surface area contributed by atoms with Gasteiger partial charge >= 0.3 is 0 Å². The fourth-order valence-corrected chi connectivity index (χ4v) is 2.50. The Morgan fingerprint density at radius 2 is 2.22 bits per heavy atom. The molecule has 96 valence electrons. The predicted molar refractivity (Wildman–Crippen MR) is 67.4 cm³/mol. The van der Waals surface area contributed by atoms with Crippen LogP contribution in [0.1, 0.15) is 31.4 Å². The first kappa shape index (κ1) is 11.4. The fraction of sp³-hybridized carbons (Fsp3) is 0.583. The van der Waals surface area contributed by atoms with Gasteiger partial charge in [-0.25, -0.2) is 4.98 Å². The summed E-state index contributed by atoms with van der Waals surface area (Å²) in [6.07, 6.45) is 5.31. The van der Waals surface area contributed by atoms with Gasteiger partial charge in [-0.1, -0.05) is 12.8 Å². The SMILES string of the molecule is Cc1cc(NC2CCCCC2O)n2ncnc2n1. The molecule has 1 aliphatic carbocycles. The molecule has 0 saturated heterocycles. The summed E-state index contributed by atoms with van der Waals surface area (Å²) in [6, 6.07) is 2.02. The predicted octanol–water partition coefficient (Wildman–Crippen LogP) is 1.15. The topological polar surface area (TPSA) is 75.3 Å². The Hall–Kier alpha value is -1.69. The Kier molecular flexibility index (Phi) is 2.87. The highest BCUT2D eigenvalue weighted by Gasteiger charge is 2.23. The second-order valence-electron chi connectivity index (χ2n) is 4.86. The van der Waals surface area contributed by atoms with Crippen LogP contribution >= 0.6 is 0 Å². The van der Waals surface area contributed by atoms with Gasteiger partial charge in [0.05, 0.1) is 12.1 Å². The number of aromatic nitrogens is 4. The molecule has 18 heavy (non-hydrogen) atoms. The van der Waals surface area contributed by atoms with Crippen LogP contribution in [-0.4, -0.2) is 36.8 Å². The lowest BCUT2D eigenvalue weighted by molar-refractivity contribution is 0.116. The summed E-state index contributed by atoms with van der Waals surface area (Å²) in [6.45, 7) is 1.93. The maximum absolute atomic E-state index is 10.00. The molecule has 2 heterocycles. The third-order valence-corrected chi connectivity index (χ3v) is 3.44. The molecule has 0 radical (unpaired) electrons. The van der Waals surface area contributed by atoms with Gasteiger partial charge in [-0.05, 0) is 19.8 Å². The van der Waals surface area contributed by atoms with E-state index in [1.54, 1.807) is 4.52 Å². The molecule has 2 unspecified atom stereocenters. The molecule has 0 aliphatic heterocycles. The quantitative estimate of drug-likeness (QED) is 0.832. The van der Waals surface area contributed by atoms with Gasteiger partial charge in [-0.2, -0.15) is 14.6 Å². The molecule has 3 rings (SSSR count). The minimum atomic E-state index is -0.286. The molecule has 2 aromatic heterocycles. The van der Waals surface area contributed by atoms with Crippen molar-refractivity contribution in [1.29, 1.82) is 0 Å². The van der Waals surface area contributed by atoms with Gasteiger partial charge < -0.3 is 10.4 Å². The normalized spacial score (nSPS) is 24.3. The number of aliphatic hydroxyl groups excluding tert-OH is 1. The van der Waals surface area contributed by atoms with Crippen molar-refractivity contribution >= 4 is 11.6 Å². The molecule has 2 N–H and O–H groups in total. The minimum Gasteiger partial charge on any atom is -0.391 e. The van der Waals surface area contributed by atoms with E-state index in [-0.39, 0.29) is 12.1 Å². The smallest absolute Gasteiger partial charge is 0.254 e. The van der Waals surface area contributed by atoms with Crippen LogP contribution in [0.5, 0.6) is 0 Å². The van der Waals surface area contributed by atoms with Crippen molar-refractivity contribution in [3.05, 3.63) is 18.1 Å². The van der Waals surface area contributed by atoms with E-state index >= 15 is 0 Å². The molecule has 1 saturated carbocycles. The average Bonchev–Trinajstić information content (AvgIpc) is 2.80. The Labute approximate surface area is 105 Å². The zero-order valence-corrected chi connectivity index (χ0v) is 10.4. The van der Waals surface area contributed by atoms with Crippen LogP contribution in [0.4, 0.5) is 5.82 Å². The van der Waals surface area contributed by atoms with E-state index in [0.29, 0.717) is 5.78 Å². The van der Waals surface area contributed by atoms with E-state index < -0.39 is 0 Å². The summed E-state index contributed by atoms with van der Waals surface area (Å²) in [5.41, 5.74) is 0.892. The summed E-state index contributed by atoms with van der Waals surface area (Å²) >= 11 is 0. The lowest BCUT2D eigenvalue weighted by Crippen LogP contribution is -2.37. The second-order valence-corrected chi connectivity index (χ2v) is 4.86. The first-order chi connectivity index (χ1) is 8.74. The van der Waals surface area contributed by atoms with Crippen LogP contribution < -0.4 is 5.32 Å². The van der Waals surface area contributed by atoms with Crippen molar-refractivity contribution in [1.82, 2.24) is 19.6 Å². The number of aryl methyl sites for hydroxylation is 1. The number of hydrogen-bond acceptors (Lipinski definition) is 5. The second kappa shape index (κ2) is 4.53. The lowest BCUT2D eigenvalue weighted by atomic mass is 9.92. The molecule has 6 heteroatoms. The van der Waals surface area contributed by atoms with E-state index in [0.717, 1.165) is 37.2 Å². The van der Waals surface area contributed by atoms with Gasteiger partial charge in [-0.3, -0.25) is 0 Å². The van der Waals surface area contributed by atoms with E-state index in [2.05, 4.69) is 20.4 Å². The first-order valence-corrected chi connectivity index (χ1v) is 6.36. The average molecular weight is 247 g/mol. The Bertz CT molecular complexity index is 552. The summed E-state index contributed by atoms with van der Waals surface area (Å²) in [7, 11) is 0. The van der Waals surface area contributed by atoms with Crippen LogP contribution in [0, 0.1) is 6.92 Å². The molecule has 2 atom stereocenters. The summed E-state index contributed by atoms with van der Waals surface area (Å²) < 4.78 is 1.67. The molecule has 6 nitrogen and oxygen atoms in total. The maximum Gasteiger partial charge on any atom is 0.254 e. The molecule has 0 bridgehead atoms. The summed E-state index contributed by atoms with van der Waals surface area (Å²) in [4.78, 5) is 8.39. The Morgan fingerprint density at radius 3 is 3.06 bits per heavy atom. The van der Waals surface area contributed by atoms with Crippen LogP contribution in [0.25, 0.3) is 5.78 Å². The van der Waals surface area contributed by atoms with E-state index in [9.17, 15) is 5.11 Å². The minimum absolute atomic E-state index is 0.0907. The van der Waals surface area contributed by atoms with Crippen LogP contribution in [-0.2, 0) is 0 Å². The van der Waals surface area contributed by atoms with Crippen LogP contribution in [0.2, 0.25) is 0 Å². The van der Waals surface area contributed by atoms with Crippen LogP contribution in [0.3, 0.4) is 0 Å². The number of aliphatic hydroxyl groups is 1. The zero-order valence-electron chi connectivity index (χ0n) is 10.4. The highest BCUT2D eigenvalue weighted by molar-refractivity contribution is 5.45. The number of nitrogens with zero attached hydrogens (tertiary/aromatic N) is 4.